The smallest absolute Gasteiger partial charge is 0.390 e. The number of alkyl halides is 3. The van der Waals surface area contributed by atoms with E-state index >= 15 is 0 Å². The summed E-state index contributed by atoms with van der Waals surface area (Å²) in [5, 5.41) is 2.29. The highest BCUT2D eigenvalue weighted by atomic mass is 32.2. The van der Waals surface area contributed by atoms with E-state index in [4.69, 9.17) is 4.74 Å². The number of hydrogen-bond donors (Lipinski definition) is 1. The van der Waals surface area contributed by atoms with Crippen LogP contribution in [0, 0.1) is 0 Å². The average molecular weight is 422 g/mol. The summed E-state index contributed by atoms with van der Waals surface area (Å²) in [6, 6.07) is 5.58. The Hall–Kier alpha value is -1.98. The third-order valence-corrected chi connectivity index (χ3v) is 5.64. The molecule has 1 N–H and O–H groups in total. The Morgan fingerprint density at radius 1 is 1.26 bits per heavy atom. The minimum atomic E-state index is -4.43. The second kappa shape index (κ2) is 8.81. The molecule has 0 spiro atoms. The number of carbonyl (C=O) groups excluding carboxylic acids is 1. The maximum absolute atomic E-state index is 12.1. The van der Waals surface area contributed by atoms with Crippen LogP contribution in [0.2, 0.25) is 0 Å². The van der Waals surface area contributed by atoms with Crippen LogP contribution < -0.4 is 4.72 Å². The molecule has 0 radical (unpaired) electrons. The number of aromatic nitrogens is 1. The summed E-state index contributed by atoms with van der Waals surface area (Å²) in [5.41, 5.74) is 1.18. The molecule has 0 amide bonds. The van der Waals surface area contributed by atoms with Crippen LogP contribution in [0.15, 0.2) is 34.5 Å². The van der Waals surface area contributed by atoms with Crippen molar-refractivity contribution in [3.8, 4) is 11.3 Å². The van der Waals surface area contributed by atoms with E-state index in [-0.39, 0.29) is 23.9 Å². The molecule has 0 aliphatic carbocycles. The number of halogens is 3. The van der Waals surface area contributed by atoms with Crippen LogP contribution in [0.5, 0.6) is 0 Å². The molecule has 6 nitrogen and oxygen atoms in total. The van der Waals surface area contributed by atoms with Gasteiger partial charge in [-0.3, -0.25) is 4.79 Å². The van der Waals surface area contributed by atoms with Crippen LogP contribution in [-0.4, -0.2) is 38.7 Å². The van der Waals surface area contributed by atoms with Crippen LogP contribution >= 0.6 is 11.3 Å². The molecule has 0 saturated heterocycles. The van der Waals surface area contributed by atoms with Crippen LogP contribution in [-0.2, 0) is 26.0 Å². The Labute approximate surface area is 158 Å². The largest absolute Gasteiger partial charge is 0.466 e. The summed E-state index contributed by atoms with van der Waals surface area (Å²) in [6.45, 7) is 1.26. The molecule has 1 aromatic carbocycles. The summed E-state index contributed by atoms with van der Waals surface area (Å²) >= 11 is 1.27. The second-order valence-corrected chi connectivity index (χ2v) is 8.11. The van der Waals surface area contributed by atoms with Gasteiger partial charge in [0.25, 0.3) is 0 Å². The Bertz CT molecular complexity index is 878. The number of nitrogens with zero attached hydrogens (tertiary/aromatic N) is 1. The Balaban J connectivity index is 2.04. The molecular weight excluding hydrogens is 405 g/mol. The van der Waals surface area contributed by atoms with Gasteiger partial charge in [-0.15, -0.1) is 11.3 Å². The Kier molecular flexibility index (Phi) is 6.95. The van der Waals surface area contributed by atoms with Gasteiger partial charge in [-0.1, -0.05) is 12.1 Å². The predicted octanol–water partition coefficient (Wildman–Crippen LogP) is 3.15. The molecule has 27 heavy (non-hydrogen) atoms. The predicted molar refractivity (Wildman–Crippen MR) is 93.7 cm³/mol. The number of carbonyl (C=O) groups is 1. The molecule has 148 valence electrons. The molecule has 0 atom stereocenters. The maximum Gasteiger partial charge on any atom is 0.390 e. The normalized spacial score (nSPS) is 12.1. The quantitative estimate of drug-likeness (QED) is 0.661. The van der Waals surface area contributed by atoms with Gasteiger partial charge in [0.05, 0.1) is 30.0 Å². The highest BCUT2D eigenvalue weighted by Gasteiger charge is 2.27. The summed E-state index contributed by atoms with van der Waals surface area (Å²) < 4.78 is 67.2. The lowest BCUT2D eigenvalue weighted by Gasteiger charge is -2.09. The number of hydrogen-bond acceptors (Lipinski definition) is 6. The van der Waals surface area contributed by atoms with Gasteiger partial charge in [0.2, 0.25) is 10.0 Å². The van der Waals surface area contributed by atoms with Gasteiger partial charge in [-0.25, -0.2) is 18.1 Å². The van der Waals surface area contributed by atoms with Crippen molar-refractivity contribution in [2.45, 2.75) is 30.8 Å². The molecule has 0 fully saturated rings. The summed E-state index contributed by atoms with van der Waals surface area (Å²) in [4.78, 5) is 15.6. The van der Waals surface area contributed by atoms with Crippen LogP contribution in [0.4, 0.5) is 13.2 Å². The standard InChI is InChI=1S/C16H17F3N2O4S2/c1-2-25-15(22)9-14-21-13(10-26-14)11-3-5-12(6-4-11)27(23,24)20-8-7-16(17,18)19/h3-6,10,20H,2,7-9H2,1H3. The molecule has 0 saturated carbocycles. The van der Waals surface area contributed by atoms with Crippen molar-refractivity contribution < 1.29 is 31.1 Å². The number of benzene rings is 1. The van der Waals surface area contributed by atoms with Crippen molar-refractivity contribution in [2.75, 3.05) is 13.2 Å². The van der Waals surface area contributed by atoms with Crippen molar-refractivity contribution in [3.05, 3.63) is 34.7 Å². The second-order valence-electron chi connectivity index (χ2n) is 5.40. The van der Waals surface area contributed by atoms with E-state index in [9.17, 15) is 26.4 Å². The fourth-order valence-electron chi connectivity index (χ4n) is 2.08. The van der Waals surface area contributed by atoms with Gasteiger partial charge in [0, 0.05) is 17.5 Å². The van der Waals surface area contributed by atoms with Gasteiger partial charge < -0.3 is 4.74 Å². The first-order chi connectivity index (χ1) is 12.6. The third-order valence-electron chi connectivity index (χ3n) is 3.31. The minimum Gasteiger partial charge on any atom is -0.466 e. The molecule has 11 heteroatoms. The monoisotopic (exact) mass is 422 g/mol. The van der Waals surface area contributed by atoms with Crippen LogP contribution in [0.25, 0.3) is 11.3 Å². The number of sulfonamides is 1. The number of rotatable bonds is 8. The van der Waals surface area contributed by atoms with Crippen molar-refractivity contribution >= 4 is 27.3 Å². The zero-order valence-corrected chi connectivity index (χ0v) is 15.9. The van der Waals surface area contributed by atoms with E-state index in [1.165, 1.54) is 35.6 Å². The lowest BCUT2D eigenvalue weighted by atomic mass is 10.2. The number of ether oxygens (including phenoxy) is 1. The molecular formula is C16H17F3N2O4S2. The van der Waals surface area contributed by atoms with Crippen LogP contribution in [0.3, 0.4) is 0 Å². The van der Waals surface area contributed by atoms with Crippen molar-refractivity contribution in [1.82, 2.24) is 9.71 Å². The first-order valence-corrected chi connectivity index (χ1v) is 10.2. The van der Waals surface area contributed by atoms with Gasteiger partial charge in [0.1, 0.15) is 5.01 Å². The zero-order chi connectivity index (χ0) is 20.1. The first kappa shape index (κ1) is 21.3. The lowest BCUT2D eigenvalue weighted by Crippen LogP contribution is -2.28. The van der Waals surface area contributed by atoms with Crippen molar-refractivity contribution in [1.29, 1.82) is 0 Å². The first-order valence-electron chi connectivity index (χ1n) is 7.87. The molecule has 0 bridgehead atoms. The van der Waals surface area contributed by atoms with Crippen molar-refractivity contribution in [2.24, 2.45) is 0 Å². The van der Waals surface area contributed by atoms with Crippen molar-refractivity contribution in [3.63, 3.8) is 0 Å². The number of nitrogens with one attached hydrogen (secondary N) is 1. The molecule has 0 aliphatic heterocycles. The molecule has 1 aromatic heterocycles. The minimum absolute atomic E-state index is 0.0497. The number of thiazole rings is 1. The van der Waals surface area contributed by atoms with Gasteiger partial charge in [-0.05, 0) is 19.1 Å². The molecule has 0 aliphatic rings. The fourth-order valence-corrected chi connectivity index (χ4v) is 3.90. The zero-order valence-electron chi connectivity index (χ0n) is 14.2. The van der Waals surface area contributed by atoms with E-state index in [0.717, 1.165) is 0 Å². The fraction of sp³-hybridized carbons (Fsp3) is 0.375. The maximum atomic E-state index is 12.1. The summed E-state index contributed by atoms with van der Waals surface area (Å²) in [5.74, 6) is -0.384. The van der Waals surface area contributed by atoms with Gasteiger partial charge in [-0.2, -0.15) is 13.2 Å². The van der Waals surface area contributed by atoms with E-state index in [0.29, 0.717) is 16.3 Å². The SMILES string of the molecule is CCOC(=O)Cc1nc(-c2ccc(S(=O)(=O)NCCC(F)(F)F)cc2)cs1. The Morgan fingerprint density at radius 3 is 2.52 bits per heavy atom. The highest BCUT2D eigenvalue weighted by molar-refractivity contribution is 7.89. The van der Waals surface area contributed by atoms with E-state index in [1.54, 1.807) is 12.3 Å². The molecule has 2 rings (SSSR count). The number of esters is 1. The molecule has 1 heterocycles. The van der Waals surface area contributed by atoms with E-state index < -0.39 is 29.2 Å². The van der Waals surface area contributed by atoms with E-state index in [2.05, 4.69) is 4.98 Å². The van der Waals surface area contributed by atoms with Crippen LogP contribution in [0.1, 0.15) is 18.4 Å². The summed E-state index contributed by atoms with van der Waals surface area (Å²) in [6.07, 6.45) is -5.63. The van der Waals surface area contributed by atoms with Gasteiger partial charge in [0.15, 0.2) is 0 Å². The Morgan fingerprint density at radius 2 is 1.93 bits per heavy atom. The molecule has 0 unspecified atom stereocenters. The average Bonchev–Trinajstić information content (AvgIpc) is 3.02. The third kappa shape index (κ3) is 6.60. The lowest BCUT2D eigenvalue weighted by molar-refractivity contribution is -0.142. The molecule has 2 aromatic rings. The highest BCUT2D eigenvalue weighted by Crippen LogP contribution is 2.24. The van der Waals surface area contributed by atoms with E-state index in [1.807, 2.05) is 4.72 Å². The summed E-state index contributed by atoms with van der Waals surface area (Å²) in [7, 11) is -4.03. The van der Waals surface area contributed by atoms with Gasteiger partial charge >= 0.3 is 12.1 Å². The topological polar surface area (TPSA) is 85.4 Å².